The number of hydrogen-bond acceptors (Lipinski definition) is 4. The second kappa shape index (κ2) is 8.70. The highest BCUT2D eigenvalue weighted by molar-refractivity contribution is 7.09. The van der Waals surface area contributed by atoms with E-state index in [4.69, 9.17) is 9.47 Å². The van der Waals surface area contributed by atoms with E-state index in [1.54, 1.807) is 11.3 Å². The Balaban J connectivity index is 1.95. The number of rotatable bonds is 9. The van der Waals surface area contributed by atoms with Crippen LogP contribution < -0.4 is 5.32 Å². The fraction of sp³-hybridized carbons (Fsp3) is 0.667. The molecule has 0 radical (unpaired) electrons. The molecule has 92 valence electrons. The summed E-state index contributed by atoms with van der Waals surface area (Å²) < 4.78 is 10.8. The molecule has 0 aliphatic heterocycles. The average Bonchev–Trinajstić information content (AvgIpc) is 2.77. The van der Waals surface area contributed by atoms with Crippen LogP contribution in [0.25, 0.3) is 0 Å². The predicted molar refractivity (Wildman–Crippen MR) is 67.9 cm³/mol. The van der Waals surface area contributed by atoms with Crippen molar-refractivity contribution in [3.63, 3.8) is 0 Å². The van der Waals surface area contributed by atoms with Crippen molar-refractivity contribution < 1.29 is 9.47 Å². The molecule has 0 saturated carbocycles. The molecule has 0 spiro atoms. The number of ether oxygens (including phenoxy) is 2. The van der Waals surface area contributed by atoms with Crippen LogP contribution in [-0.2, 0) is 16.0 Å². The fourth-order valence-electron chi connectivity index (χ4n) is 1.32. The first-order valence-electron chi connectivity index (χ1n) is 5.75. The van der Waals surface area contributed by atoms with Crippen molar-refractivity contribution in [1.29, 1.82) is 0 Å². The Morgan fingerprint density at radius 3 is 3.00 bits per heavy atom. The minimum Gasteiger partial charge on any atom is -0.379 e. The van der Waals surface area contributed by atoms with Gasteiger partial charge in [-0.1, -0.05) is 6.07 Å². The standard InChI is InChI=1S/C12H21NO2S/c1-3-14-6-7-15-11(2)9-13-10-12-5-4-8-16-12/h4-5,8,11,13H,3,6-7,9-10H2,1-2H3. The third kappa shape index (κ3) is 6.23. The molecule has 1 atom stereocenters. The highest BCUT2D eigenvalue weighted by Crippen LogP contribution is 2.07. The van der Waals surface area contributed by atoms with Crippen molar-refractivity contribution in [3.8, 4) is 0 Å². The lowest BCUT2D eigenvalue weighted by Gasteiger charge is -2.13. The summed E-state index contributed by atoms with van der Waals surface area (Å²) in [6.07, 6.45) is 0.236. The van der Waals surface area contributed by atoms with Crippen LogP contribution in [0.3, 0.4) is 0 Å². The summed E-state index contributed by atoms with van der Waals surface area (Å²) in [4.78, 5) is 1.36. The summed E-state index contributed by atoms with van der Waals surface area (Å²) in [7, 11) is 0. The Kier molecular flexibility index (Phi) is 7.42. The van der Waals surface area contributed by atoms with Crippen molar-refractivity contribution >= 4 is 11.3 Å². The molecule has 1 heterocycles. The van der Waals surface area contributed by atoms with Crippen molar-refractivity contribution in [1.82, 2.24) is 5.32 Å². The summed E-state index contributed by atoms with van der Waals surface area (Å²) in [5, 5.41) is 5.47. The molecule has 16 heavy (non-hydrogen) atoms. The summed E-state index contributed by atoms with van der Waals surface area (Å²) in [5.74, 6) is 0. The third-order valence-corrected chi connectivity index (χ3v) is 3.02. The van der Waals surface area contributed by atoms with Gasteiger partial charge in [0.2, 0.25) is 0 Å². The topological polar surface area (TPSA) is 30.5 Å². The van der Waals surface area contributed by atoms with E-state index in [2.05, 4.69) is 29.8 Å². The summed E-state index contributed by atoms with van der Waals surface area (Å²) in [6.45, 7) is 8.00. The van der Waals surface area contributed by atoms with Gasteiger partial charge >= 0.3 is 0 Å². The van der Waals surface area contributed by atoms with Crippen LogP contribution >= 0.6 is 11.3 Å². The maximum absolute atomic E-state index is 5.58. The molecule has 3 nitrogen and oxygen atoms in total. The van der Waals surface area contributed by atoms with E-state index < -0.39 is 0 Å². The molecule has 0 fully saturated rings. The van der Waals surface area contributed by atoms with Gasteiger partial charge in [-0.05, 0) is 25.3 Å². The molecule has 0 aromatic carbocycles. The molecular formula is C12H21NO2S. The molecule has 1 aromatic rings. The predicted octanol–water partition coefficient (Wildman–Crippen LogP) is 2.28. The first-order valence-corrected chi connectivity index (χ1v) is 6.63. The highest BCUT2D eigenvalue weighted by atomic mass is 32.1. The zero-order chi connectivity index (χ0) is 11.6. The van der Waals surface area contributed by atoms with Crippen LogP contribution in [0.4, 0.5) is 0 Å². The van der Waals surface area contributed by atoms with Crippen molar-refractivity contribution in [2.45, 2.75) is 26.5 Å². The Hall–Kier alpha value is -0.420. The van der Waals surface area contributed by atoms with E-state index in [1.807, 2.05) is 6.92 Å². The summed E-state index contributed by atoms with van der Waals surface area (Å²) in [6, 6.07) is 4.21. The molecule has 1 N–H and O–H groups in total. The zero-order valence-corrected chi connectivity index (χ0v) is 10.9. The fourth-order valence-corrected chi connectivity index (χ4v) is 2.00. The number of thiophene rings is 1. The molecule has 0 amide bonds. The van der Waals surface area contributed by atoms with Crippen LogP contribution in [0.5, 0.6) is 0 Å². The van der Waals surface area contributed by atoms with Gasteiger partial charge in [-0.25, -0.2) is 0 Å². The van der Waals surface area contributed by atoms with E-state index in [-0.39, 0.29) is 6.10 Å². The Morgan fingerprint density at radius 2 is 2.31 bits per heavy atom. The number of nitrogens with one attached hydrogen (secondary N) is 1. The zero-order valence-electron chi connectivity index (χ0n) is 10.1. The van der Waals surface area contributed by atoms with Gasteiger partial charge in [-0.15, -0.1) is 11.3 Å². The van der Waals surface area contributed by atoms with Crippen molar-refractivity contribution in [2.75, 3.05) is 26.4 Å². The Bertz CT molecular complexity index is 252. The monoisotopic (exact) mass is 243 g/mol. The van der Waals surface area contributed by atoms with Gasteiger partial charge in [0.05, 0.1) is 19.3 Å². The van der Waals surface area contributed by atoms with Crippen LogP contribution in [0.15, 0.2) is 17.5 Å². The molecule has 1 rings (SSSR count). The normalized spacial score (nSPS) is 12.9. The minimum absolute atomic E-state index is 0.236. The summed E-state index contributed by atoms with van der Waals surface area (Å²) in [5.41, 5.74) is 0. The first-order chi connectivity index (χ1) is 7.83. The van der Waals surface area contributed by atoms with E-state index >= 15 is 0 Å². The largest absolute Gasteiger partial charge is 0.379 e. The summed E-state index contributed by atoms with van der Waals surface area (Å²) >= 11 is 1.78. The van der Waals surface area contributed by atoms with Gasteiger partial charge in [-0.3, -0.25) is 0 Å². The van der Waals surface area contributed by atoms with Gasteiger partial charge in [-0.2, -0.15) is 0 Å². The molecule has 0 aliphatic carbocycles. The van der Waals surface area contributed by atoms with Crippen LogP contribution in [-0.4, -0.2) is 32.5 Å². The molecule has 1 aromatic heterocycles. The lowest BCUT2D eigenvalue weighted by molar-refractivity contribution is 0.0158. The van der Waals surface area contributed by atoms with E-state index in [0.29, 0.717) is 13.2 Å². The van der Waals surface area contributed by atoms with E-state index in [1.165, 1.54) is 4.88 Å². The minimum atomic E-state index is 0.236. The average molecular weight is 243 g/mol. The van der Waals surface area contributed by atoms with Crippen LogP contribution in [0.1, 0.15) is 18.7 Å². The third-order valence-electron chi connectivity index (χ3n) is 2.15. The van der Waals surface area contributed by atoms with Crippen LogP contribution in [0.2, 0.25) is 0 Å². The maximum Gasteiger partial charge on any atom is 0.0704 e. The SMILES string of the molecule is CCOCCOC(C)CNCc1cccs1. The lowest BCUT2D eigenvalue weighted by Crippen LogP contribution is -2.27. The Labute approximate surface area is 102 Å². The van der Waals surface area contributed by atoms with Gasteiger partial charge in [0, 0.05) is 24.6 Å². The lowest BCUT2D eigenvalue weighted by atomic mass is 10.4. The maximum atomic E-state index is 5.58. The molecule has 0 aliphatic rings. The second-order valence-electron chi connectivity index (χ2n) is 3.59. The molecule has 1 unspecified atom stereocenters. The van der Waals surface area contributed by atoms with Gasteiger partial charge in [0.15, 0.2) is 0 Å². The highest BCUT2D eigenvalue weighted by Gasteiger charge is 2.01. The first kappa shape index (κ1) is 13.6. The molecular weight excluding hydrogens is 222 g/mol. The molecule has 0 saturated heterocycles. The smallest absolute Gasteiger partial charge is 0.0704 e. The quantitative estimate of drug-likeness (QED) is 0.675. The van der Waals surface area contributed by atoms with Gasteiger partial charge in [0.1, 0.15) is 0 Å². The van der Waals surface area contributed by atoms with Crippen molar-refractivity contribution in [2.24, 2.45) is 0 Å². The Morgan fingerprint density at radius 1 is 1.44 bits per heavy atom. The van der Waals surface area contributed by atoms with Gasteiger partial charge < -0.3 is 14.8 Å². The van der Waals surface area contributed by atoms with Gasteiger partial charge in [0.25, 0.3) is 0 Å². The molecule has 0 bridgehead atoms. The molecule has 4 heteroatoms. The van der Waals surface area contributed by atoms with Crippen molar-refractivity contribution in [3.05, 3.63) is 22.4 Å². The van der Waals surface area contributed by atoms with E-state index in [9.17, 15) is 0 Å². The van der Waals surface area contributed by atoms with E-state index in [0.717, 1.165) is 19.7 Å². The number of hydrogen-bond donors (Lipinski definition) is 1. The van der Waals surface area contributed by atoms with Crippen LogP contribution in [0, 0.1) is 0 Å². The second-order valence-corrected chi connectivity index (χ2v) is 4.62.